The molecule has 1 aromatic carbocycles. The zero-order chi connectivity index (χ0) is 16.1. The predicted octanol–water partition coefficient (Wildman–Crippen LogP) is 3.82. The van der Waals surface area contributed by atoms with Crippen molar-refractivity contribution in [1.29, 1.82) is 0 Å². The molecule has 22 heavy (non-hydrogen) atoms. The van der Waals surface area contributed by atoms with Gasteiger partial charge in [0.25, 0.3) is 0 Å². The summed E-state index contributed by atoms with van der Waals surface area (Å²) in [6.07, 6.45) is 1.48. The molecule has 0 saturated carbocycles. The topological polar surface area (TPSA) is 79.3 Å². The first-order valence-electron chi connectivity index (χ1n) is 6.03. The lowest BCUT2D eigenvalue weighted by molar-refractivity contribution is -0.113. The molecule has 0 aliphatic heterocycles. The standard InChI is InChI=1S/C14H10Cl2N2O3S/c15-10-4-3-8(6-11(10)16)18-12(19)7-22-13-9(14(20)21)2-1-5-17-13/h1-6H,7H2,(H,18,19)(H,20,21). The van der Waals surface area contributed by atoms with Crippen LogP contribution in [-0.2, 0) is 4.79 Å². The Morgan fingerprint density at radius 3 is 2.68 bits per heavy atom. The summed E-state index contributed by atoms with van der Waals surface area (Å²) >= 11 is 12.7. The van der Waals surface area contributed by atoms with Gasteiger partial charge >= 0.3 is 5.97 Å². The molecule has 0 aliphatic rings. The average molecular weight is 357 g/mol. The van der Waals surface area contributed by atoms with E-state index in [0.29, 0.717) is 20.8 Å². The molecule has 1 amide bonds. The number of nitrogens with one attached hydrogen (secondary N) is 1. The van der Waals surface area contributed by atoms with Crippen LogP contribution >= 0.6 is 35.0 Å². The monoisotopic (exact) mass is 356 g/mol. The second-order valence-electron chi connectivity index (χ2n) is 4.13. The Bertz CT molecular complexity index is 725. The van der Waals surface area contributed by atoms with Crippen molar-refractivity contribution in [2.75, 3.05) is 11.1 Å². The average Bonchev–Trinajstić information content (AvgIpc) is 2.49. The van der Waals surface area contributed by atoms with Crippen LogP contribution in [0.15, 0.2) is 41.6 Å². The quantitative estimate of drug-likeness (QED) is 0.796. The lowest BCUT2D eigenvalue weighted by Gasteiger charge is -2.07. The van der Waals surface area contributed by atoms with Crippen LogP contribution in [0, 0.1) is 0 Å². The predicted molar refractivity (Wildman–Crippen MR) is 87.0 cm³/mol. The van der Waals surface area contributed by atoms with E-state index >= 15 is 0 Å². The number of hydrogen-bond donors (Lipinski definition) is 2. The molecule has 1 heterocycles. The van der Waals surface area contributed by atoms with Gasteiger partial charge in [-0.05, 0) is 30.3 Å². The fourth-order valence-electron chi connectivity index (χ4n) is 1.57. The molecule has 0 aliphatic carbocycles. The third-order valence-electron chi connectivity index (χ3n) is 2.54. The number of amides is 1. The van der Waals surface area contributed by atoms with Crippen molar-refractivity contribution in [3.8, 4) is 0 Å². The Balaban J connectivity index is 1.98. The van der Waals surface area contributed by atoms with Gasteiger partial charge < -0.3 is 10.4 Å². The Kier molecular flexibility index (Phi) is 5.65. The van der Waals surface area contributed by atoms with Crippen LogP contribution in [0.1, 0.15) is 10.4 Å². The number of halogens is 2. The van der Waals surface area contributed by atoms with Crippen molar-refractivity contribution in [1.82, 2.24) is 4.98 Å². The van der Waals surface area contributed by atoms with E-state index in [1.54, 1.807) is 12.1 Å². The number of hydrogen-bond acceptors (Lipinski definition) is 4. The van der Waals surface area contributed by atoms with Crippen molar-refractivity contribution < 1.29 is 14.7 Å². The third kappa shape index (κ3) is 4.37. The minimum Gasteiger partial charge on any atom is -0.478 e. The number of benzene rings is 1. The number of carboxylic acid groups (broad SMARTS) is 1. The Morgan fingerprint density at radius 1 is 1.23 bits per heavy atom. The van der Waals surface area contributed by atoms with E-state index in [9.17, 15) is 9.59 Å². The van der Waals surface area contributed by atoms with Crippen LogP contribution in [-0.4, -0.2) is 27.7 Å². The number of aromatic carboxylic acids is 1. The smallest absolute Gasteiger partial charge is 0.338 e. The highest BCUT2D eigenvalue weighted by molar-refractivity contribution is 8.00. The maximum Gasteiger partial charge on any atom is 0.338 e. The third-order valence-corrected chi connectivity index (χ3v) is 4.29. The van der Waals surface area contributed by atoms with E-state index in [0.717, 1.165) is 11.8 Å². The van der Waals surface area contributed by atoms with Gasteiger partial charge in [-0.2, -0.15) is 0 Å². The normalized spacial score (nSPS) is 10.3. The molecule has 1 aromatic heterocycles. The molecule has 0 bridgehead atoms. The number of pyridine rings is 1. The molecule has 114 valence electrons. The second kappa shape index (κ2) is 7.49. The van der Waals surface area contributed by atoms with Gasteiger partial charge in [0.2, 0.25) is 5.91 Å². The highest BCUT2D eigenvalue weighted by Gasteiger charge is 2.13. The van der Waals surface area contributed by atoms with Crippen LogP contribution < -0.4 is 5.32 Å². The van der Waals surface area contributed by atoms with Crippen molar-refractivity contribution in [3.05, 3.63) is 52.1 Å². The van der Waals surface area contributed by atoms with E-state index < -0.39 is 5.97 Å². The van der Waals surface area contributed by atoms with E-state index in [2.05, 4.69) is 10.3 Å². The van der Waals surface area contributed by atoms with Crippen LogP contribution in [0.5, 0.6) is 0 Å². The van der Waals surface area contributed by atoms with Crippen LogP contribution in [0.4, 0.5) is 5.69 Å². The SMILES string of the molecule is O=C(CSc1ncccc1C(=O)O)Nc1ccc(Cl)c(Cl)c1. The van der Waals surface area contributed by atoms with E-state index in [1.807, 2.05) is 0 Å². The van der Waals surface area contributed by atoms with Gasteiger partial charge in [0, 0.05) is 11.9 Å². The van der Waals surface area contributed by atoms with Crippen molar-refractivity contribution in [2.24, 2.45) is 0 Å². The first-order valence-corrected chi connectivity index (χ1v) is 7.77. The Morgan fingerprint density at radius 2 is 2.00 bits per heavy atom. The summed E-state index contributed by atoms with van der Waals surface area (Å²) in [7, 11) is 0. The number of carbonyl (C=O) groups is 2. The first kappa shape index (κ1) is 16.6. The van der Waals surface area contributed by atoms with Crippen molar-refractivity contribution >= 4 is 52.5 Å². The molecule has 2 aromatic rings. The first-order chi connectivity index (χ1) is 10.5. The van der Waals surface area contributed by atoms with Crippen molar-refractivity contribution in [3.63, 3.8) is 0 Å². The fourth-order valence-corrected chi connectivity index (χ4v) is 2.66. The molecule has 2 rings (SSSR count). The Hall–Kier alpha value is -1.76. The van der Waals surface area contributed by atoms with E-state index in [-0.39, 0.29) is 17.2 Å². The van der Waals surface area contributed by atoms with Crippen LogP contribution in [0.25, 0.3) is 0 Å². The molecule has 8 heteroatoms. The Labute approximate surface area is 140 Å². The molecule has 0 fully saturated rings. The molecule has 0 radical (unpaired) electrons. The zero-order valence-electron chi connectivity index (χ0n) is 11.0. The van der Waals surface area contributed by atoms with Gasteiger partial charge in [-0.1, -0.05) is 35.0 Å². The molecular weight excluding hydrogens is 347 g/mol. The molecule has 5 nitrogen and oxygen atoms in total. The summed E-state index contributed by atoms with van der Waals surface area (Å²) in [5.41, 5.74) is 0.578. The molecule has 0 unspecified atom stereocenters. The van der Waals surface area contributed by atoms with Gasteiger partial charge in [-0.3, -0.25) is 4.79 Å². The van der Waals surface area contributed by atoms with Gasteiger partial charge in [0.1, 0.15) is 5.03 Å². The highest BCUT2D eigenvalue weighted by atomic mass is 35.5. The number of rotatable bonds is 5. The second-order valence-corrected chi connectivity index (χ2v) is 5.91. The largest absolute Gasteiger partial charge is 0.478 e. The lowest BCUT2D eigenvalue weighted by atomic mass is 10.3. The zero-order valence-corrected chi connectivity index (χ0v) is 13.4. The van der Waals surface area contributed by atoms with E-state index in [4.69, 9.17) is 28.3 Å². The fraction of sp³-hybridized carbons (Fsp3) is 0.0714. The minimum absolute atomic E-state index is 0.0253. The van der Waals surface area contributed by atoms with Crippen LogP contribution in [0.3, 0.4) is 0 Å². The number of carboxylic acids is 1. The van der Waals surface area contributed by atoms with Gasteiger partial charge in [-0.25, -0.2) is 9.78 Å². The highest BCUT2D eigenvalue weighted by Crippen LogP contribution is 2.25. The van der Waals surface area contributed by atoms with Gasteiger partial charge in [-0.15, -0.1) is 0 Å². The number of anilines is 1. The van der Waals surface area contributed by atoms with E-state index in [1.165, 1.54) is 24.4 Å². The molecule has 0 atom stereocenters. The lowest BCUT2D eigenvalue weighted by Crippen LogP contribution is -2.14. The number of carbonyl (C=O) groups excluding carboxylic acids is 1. The summed E-state index contributed by atoms with van der Waals surface area (Å²) in [5, 5.41) is 12.7. The van der Waals surface area contributed by atoms with Crippen molar-refractivity contribution in [2.45, 2.75) is 5.03 Å². The summed E-state index contributed by atoms with van der Waals surface area (Å²) < 4.78 is 0. The number of aromatic nitrogens is 1. The maximum absolute atomic E-state index is 11.9. The van der Waals surface area contributed by atoms with Gasteiger partial charge in [0.05, 0.1) is 21.4 Å². The van der Waals surface area contributed by atoms with Crippen LogP contribution in [0.2, 0.25) is 10.0 Å². The minimum atomic E-state index is -1.08. The summed E-state index contributed by atoms with van der Waals surface area (Å²) in [6, 6.07) is 7.71. The molecule has 0 spiro atoms. The number of thioether (sulfide) groups is 1. The summed E-state index contributed by atoms with van der Waals surface area (Å²) in [4.78, 5) is 26.9. The number of nitrogens with zero attached hydrogens (tertiary/aromatic N) is 1. The summed E-state index contributed by atoms with van der Waals surface area (Å²) in [6.45, 7) is 0. The summed E-state index contributed by atoms with van der Waals surface area (Å²) in [5.74, 6) is -1.36. The molecular formula is C14H10Cl2N2O3S. The maximum atomic E-state index is 11.9. The molecule has 2 N–H and O–H groups in total. The molecule has 0 saturated heterocycles. The van der Waals surface area contributed by atoms with Gasteiger partial charge in [0.15, 0.2) is 0 Å².